The third-order valence-corrected chi connectivity index (χ3v) is 3.47. The van der Waals surface area contributed by atoms with Gasteiger partial charge in [0.1, 0.15) is 5.82 Å². The Hall–Kier alpha value is -2.21. The molecule has 0 saturated heterocycles. The van der Waals surface area contributed by atoms with Crippen molar-refractivity contribution in [3.63, 3.8) is 0 Å². The number of rotatable bonds is 4. The first-order chi connectivity index (χ1) is 9.99. The summed E-state index contributed by atoms with van der Waals surface area (Å²) < 4.78 is 14.0. The molecule has 0 fully saturated rings. The van der Waals surface area contributed by atoms with Crippen molar-refractivity contribution >= 4 is 27.7 Å². The maximum Gasteiger partial charge on any atom is 0.254 e. The van der Waals surface area contributed by atoms with Crippen LogP contribution in [0.25, 0.3) is 0 Å². The molecular weight excluding hydrogens is 339 g/mol. The average Bonchev–Trinajstić information content (AvgIpc) is 2.48. The molecule has 0 saturated carbocycles. The highest BCUT2D eigenvalue weighted by Gasteiger charge is 2.13. The highest BCUT2D eigenvalue weighted by molar-refractivity contribution is 9.10. The first-order valence-electron chi connectivity index (χ1n) is 6.10. The van der Waals surface area contributed by atoms with E-state index in [9.17, 15) is 14.0 Å². The van der Waals surface area contributed by atoms with E-state index in [0.717, 1.165) is 0 Å². The molecule has 0 spiro atoms. The number of carbonyl (C=O) groups excluding carboxylic acids is 2. The van der Waals surface area contributed by atoms with Crippen molar-refractivity contribution in [2.24, 2.45) is 5.73 Å². The van der Waals surface area contributed by atoms with Gasteiger partial charge in [-0.1, -0.05) is 18.2 Å². The van der Waals surface area contributed by atoms with Gasteiger partial charge in [0.05, 0.1) is 10.0 Å². The second-order valence-electron chi connectivity index (χ2n) is 4.35. The van der Waals surface area contributed by atoms with Crippen LogP contribution < -0.4 is 11.1 Å². The summed E-state index contributed by atoms with van der Waals surface area (Å²) in [6.45, 7) is 0.173. The van der Waals surface area contributed by atoms with Gasteiger partial charge in [-0.15, -0.1) is 0 Å². The number of hydrogen-bond donors (Lipinski definition) is 2. The molecule has 0 atom stereocenters. The highest BCUT2D eigenvalue weighted by atomic mass is 79.9. The van der Waals surface area contributed by atoms with Gasteiger partial charge in [-0.3, -0.25) is 9.59 Å². The Morgan fingerprint density at radius 2 is 1.90 bits per heavy atom. The molecule has 2 aromatic carbocycles. The lowest BCUT2D eigenvalue weighted by atomic mass is 10.1. The van der Waals surface area contributed by atoms with E-state index in [1.807, 2.05) is 0 Å². The number of nitrogens with two attached hydrogens (primary N) is 1. The summed E-state index contributed by atoms with van der Waals surface area (Å²) in [5.74, 6) is -1.68. The molecule has 6 heteroatoms. The molecular formula is C15H12BrFN2O2. The average molecular weight is 351 g/mol. The molecule has 21 heavy (non-hydrogen) atoms. The van der Waals surface area contributed by atoms with Crippen molar-refractivity contribution < 1.29 is 14.0 Å². The van der Waals surface area contributed by atoms with Crippen LogP contribution in [0.3, 0.4) is 0 Å². The zero-order valence-corrected chi connectivity index (χ0v) is 12.5. The van der Waals surface area contributed by atoms with Crippen LogP contribution in [0.4, 0.5) is 4.39 Å². The third-order valence-electron chi connectivity index (χ3n) is 2.86. The summed E-state index contributed by atoms with van der Waals surface area (Å²) in [7, 11) is 0. The topological polar surface area (TPSA) is 72.2 Å². The van der Waals surface area contributed by atoms with Gasteiger partial charge in [0.25, 0.3) is 5.91 Å². The molecule has 2 amide bonds. The number of primary amides is 1. The van der Waals surface area contributed by atoms with Gasteiger partial charge >= 0.3 is 0 Å². The normalized spacial score (nSPS) is 10.2. The highest BCUT2D eigenvalue weighted by Crippen LogP contribution is 2.18. The second kappa shape index (κ2) is 6.49. The Bertz CT molecular complexity index is 704. The Kier molecular flexibility index (Phi) is 4.70. The molecule has 108 valence electrons. The van der Waals surface area contributed by atoms with Gasteiger partial charge in [0, 0.05) is 12.1 Å². The molecule has 0 aliphatic carbocycles. The minimum atomic E-state index is -0.610. The molecule has 0 aliphatic rings. The lowest BCUT2D eigenvalue weighted by Crippen LogP contribution is -2.24. The minimum Gasteiger partial charge on any atom is -0.366 e. The van der Waals surface area contributed by atoms with Crippen LogP contribution in [-0.4, -0.2) is 11.8 Å². The molecule has 3 N–H and O–H groups in total. The van der Waals surface area contributed by atoms with Crippen molar-refractivity contribution in [2.45, 2.75) is 6.54 Å². The number of amides is 2. The van der Waals surface area contributed by atoms with E-state index in [1.54, 1.807) is 30.3 Å². The Morgan fingerprint density at radius 3 is 2.62 bits per heavy atom. The van der Waals surface area contributed by atoms with Gasteiger partial charge in [-0.05, 0) is 45.8 Å². The van der Waals surface area contributed by atoms with Gasteiger partial charge in [0.15, 0.2) is 0 Å². The zero-order valence-electron chi connectivity index (χ0n) is 10.9. The molecule has 0 bridgehead atoms. The SMILES string of the molecule is NC(=O)c1cccc(CNC(=O)c2cccc(Br)c2F)c1. The molecule has 4 nitrogen and oxygen atoms in total. The summed E-state index contributed by atoms with van der Waals surface area (Å²) in [4.78, 5) is 23.0. The number of nitrogens with one attached hydrogen (secondary N) is 1. The fraction of sp³-hybridized carbons (Fsp3) is 0.0667. The van der Waals surface area contributed by atoms with Crippen LogP contribution in [-0.2, 0) is 6.54 Å². The van der Waals surface area contributed by atoms with Gasteiger partial charge in [0.2, 0.25) is 5.91 Å². The van der Waals surface area contributed by atoms with Crippen LogP contribution >= 0.6 is 15.9 Å². The van der Waals surface area contributed by atoms with Crippen LogP contribution in [0.5, 0.6) is 0 Å². The molecule has 0 unspecified atom stereocenters. The number of halogens is 2. The molecule has 2 rings (SSSR count). The minimum absolute atomic E-state index is 0.0459. The standard InChI is InChI=1S/C15H12BrFN2O2/c16-12-6-2-5-11(13(12)17)15(21)19-8-9-3-1-4-10(7-9)14(18)20/h1-7H,8H2,(H2,18,20)(H,19,21). The van der Waals surface area contributed by atoms with Gasteiger partial charge in [-0.25, -0.2) is 4.39 Å². The van der Waals surface area contributed by atoms with Crippen molar-refractivity contribution in [1.82, 2.24) is 5.32 Å². The maximum atomic E-state index is 13.8. The van der Waals surface area contributed by atoms with E-state index < -0.39 is 17.6 Å². The first-order valence-corrected chi connectivity index (χ1v) is 6.89. The van der Waals surface area contributed by atoms with E-state index in [-0.39, 0.29) is 16.6 Å². The lowest BCUT2D eigenvalue weighted by Gasteiger charge is -2.08. The monoisotopic (exact) mass is 350 g/mol. The number of benzene rings is 2. The Morgan fingerprint density at radius 1 is 1.19 bits per heavy atom. The number of carbonyl (C=O) groups is 2. The maximum absolute atomic E-state index is 13.8. The smallest absolute Gasteiger partial charge is 0.254 e. The number of hydrogen-bond acceptors (Lipinski definition) is 2. The van der Waals surface area contributed by atoms with Crippen LogP contribution in [0.2, 0.25) is 0 Å². The predicted molar refractivity (Wildman–Crippen MR) is 80.2 cm³/mol. The summed E-state index contributed by atoms with van der Waals surface area (Å²) in [6, 6.07) is 11.1. The molecule has 0 aliphatic heterocycles. The van der Waals surface area contributed by atoms with E-state index in [2.05, 4.69) is 21.2 Å². The molecule has 0 radical (unpaired) electrons. The summed E-state index contributed by atoms with van der Waals surface area (Å²) >= 11 is 3.03. The quantitative estimate of drug-likeness (QED) is 0.889. The van der Waals surface area contributed by atoms with Crippen LogP contribution in [0, 0.1) is 5.82 Å². The first kappa shape index (κ1) is 15.2. The fourth-order valence-corrected chi connectivity index (χ4v) is 2.16. The van der Waals surface area contributed by atoms with E-state index >= 15 is 0 Å². The molecule has 2 aromatic rings. The lowest BCUT2D eigenvalue weighted by molar-refractivity contribution is 0.0946. The van der Waals surface area contributed by atoms with Gasteiger partial charge in [-0.2, -0.15) is 0 Å². The molecule has 0 aromatic heterocycles. The van der Waals surface area contributed by atoms with Crippen molar-refractivity contribution in [3.8, 4) is 0 Å². The zero-order chi connectivity index (χ0) is 15.4. The summed E-state index contributed by atoms with van der Waals surface area (Å²) in [6.07, 6.45) is 0. The van der Waals surface area contributed by atoms with Gasteiger partial charge < -0.3 is 11.1 Å². The third kappa shape index (κ3) is 3.66. The van der Waals surface area contributed by atoms with E-state index in [0.29, 0.717) is 11.1 Å². The van der Waals surface area contributed by atoms with Crippen molar-refractivity contribution in [2.75, 3.05) is 0 Å². The van der Waals surface area contributed by atoms with Crippen molar-refractivity contribution in [3.05, 3.63) is 69.4 Å². The van der Waals surface area contributed by atoms with Crippen LogP contribution in [0.15, 0.2) is 46.9 Å². The fourth-order valence-electron chi connectivity index (χ4n) is 1.79. The Balaban J connectivity index is 2.09. The van der Waals surface area contributed by atoms with Crippen LogP contribution in [0.1, 0.15) is 26.3 Å². The summed E-state index contributed by atoms with van der Waals surface area (Å²) in [5.41, 5.74) is 6.20. The summed E-state index contributed by atoms with van der Waals surface area (Å²) in [5, 5.41) is 2.60. The largest absolute Gasteiger partial charge is 0.366 e. The van der Waals surface area contributed by atoms with E-state index in [1.165, 1.54) is 12.1 Å². The second-order valence-corrected chi connectivity index (χ2v) is 5.20. The van der Waals surface area contributed by atoms with E-state index in [4.69, 9.17) is 5.73 Å². The Labute approximate surface area is 129 Å². The molecule has 0 heterocycles. The predicted octanol–water partition coefficient (Wildman–Crippen LogP) is 2.62. The van der Waals surface area contributed by atoms with Crippen molar-refractivity contribution in [1.29, 1.82) is 0 Å².